The number of carbonyl (C=O) groups excluding carboxylic acids is 4. The van der Waals surface area contributed by atoms with Crippen molar-refractivity contribution in [2.75, 3.05) is 0 Å². The normalized spacial score (nSPS) is 9.00. The number of hydrogen-bond donors (Lipinski definition) is 0. The Labute approximate surface area is 229 Å². The first-order valence-corrected chi connectivity index (χ1v) is 11.5. The Bertz CT molecular complexity index is 1560. The van der Waals surface area contributed by atoms with Gasteiger partial charge in [0, 0.05) is 14.3 Å². The van der Waals surface area contributed by atoms with Crippen LogP contribution in [-0.2, 0) is 19.2 Å². The summed E-state index contributed by atoms with van der Waals surface area (Å²) in [5, 5.41) is 20.2. The van der Waals surface area contributed by atoms with E-state index in [0.29, 0.717) is 0 Å². The summed E-state index contributed by atoms with van der Waals surface area (Å²) in [5.41, 5.74) is 2.11. The SMILES string of the molecule is Cc1cc2ccc(-n3ccnn3)cc2s1.O=C=O.O=C=O.[Li+].[OH-].c1cn(-c2ccc3ccsc3c2)nn1. The van der Waals surface area contributed by atoms with Crippen molar-refractivity contribution in [2.45, 2.75) is 6.92 Å². The summed E-state index contributed by atoms with van der Waals surface area (Å²) in [6.45, 7) is 2.12. The van der Waals surface area contributed by atoms with Crippen molar-refractivity contribution in [1.82, 2.24) is 30.0 Å². The van der Waals surface area contributed by atoms with E-state index in [4.69, 9.17) is 19.2 Å². The number of rotatable bonds is 2. The van der Waals surface area contributed by atoms with Gasteiger partial charge < -0.3 is 5.48 Å². The Morgan fingerprint density at radius 2 is 1.24 bits per heavy atom. The van der Waals surface area contributed by atoms with Crippen LogP contribution >= 0.6 is 22.7 Å². The first-order valence-electron chi connectivity index (χ1n) is 9.79. The molecule has 0 radical (unpaired) electrons. The summed E-state index contributed by atoms with van der Waals surface area (Å²) in [7, 11) is 0. The van der Waals surface area contributed by atoms with E-state index < -0.39 is 0 Å². The van der Waals surface area contributed by atoms with Crippen molar-refractivity contribution in [2.24, 2.45) is 0 Å². The van der Waals surface area contributed by atoms with Crippen LogP contribution in [0.25, 0.3) is 31.5 Å². The van der Waals surface area contributed by atoms with Gasteiger partial charge in [-0.2, -0.15) is 19.2 Å². The van der Waals surface area contributed by atoms with Gasteiger partial charge in [-0.3, -0.25) is 0 Å². The second-order valence-corrected chi connectivity index (χ2v) is 8.82. The minimum Gasteiger partial charge on any atom is -0.870 e. The van der Waals surface area contributed by atoms with Crippen molar-refractivity contribution in [1.29, 1.82) is 0 Å². The minimum absolute atomic E-state index is 0. The molecule has 0 aliphatic heterocycles. The number of benzene rings is 2. The van der Waals surface area contributed by atoms with Crippen molar-refractivity contribution < 1.29 is 43.5 Å². The third kappa shape index (κ3) is 8.54. The molecule has 0 saturated carbocycles. The van der Waals surface area contributed by atoms with Crippen LogP contribution in [0.1, 0.15) is 4.88 Å². The van der Waals surface area contributed by atoms with E-state index in [1.165, 1.54) is 25.0 Å². The second kappa shape index (κ2) is 15.9. The average molecular weight is 529 g/mol. The van der Waals surface area contributed by atoms with Crippen molar-refractivity contribution >= 4 is 55.1 Å². The fourth-order valence-electron chi connectivity index (χ4n) is 3.07. The molecule has 0 bridgehead atoms. The van der Waals surface area contributed by atoms with Crippen molar-refractivity contribution in [3.8, 4) is 11.4 Å². The maximum absolute atomic E-state index is 8.12. The molecule has 2 aromatic carbocycles. The van der Waals surface area contributed by atoms with Crippen molar-refractivity contribution in [3.63, 3.8) is 0 Å². The maximum atomic E-state index is 8.12. The van der Waals surface area contributed by atoms with E-state index in [-0.39, 0.29) is 36.6 Å². The molecule has 0 saturated heterocycles. The van der Waals surface area contributed by atoms with E-state index in [9.17, 15) is 0 Å². The Kier molecular flexibility index (Phi) is 13.3. The van der Waals surface area contributed by atoms with Gasteiger partial charge in [-0.05, 0) is 59.5 Å². The Hall–Kier alpha value is -4.04. The Morgan fingerprint density at radius 1 is 0.730 bits per heavy atom. The molecular weight excluding hydrogens is 511 g/mol. The number of fused-ring (bicyclic) bond motifs is 2. The number of aromatic nitrogens is 6. The van der Waals surface area contributed by atoms with Gasteiger partial charge >= 0.3 is 31.2 Å². The molecule has 14 heteroatoms. The molecule has 182 valence electrons. The van der Waals surface area contributed by atoms with Gasteiger partial charge in [-0.15, -0.1) is 32.9 Å². The molecule has 0 spiro atoms. The fraction of sp³-hybridized carbons (Fsp3) is 0.0435. The first kappa shape index (κ1) is 31.0. The molecule has 11 nitrogen and oxygen atoms in total. The smallest absolute Gasteiger partial charge is 0.870 e. The van der Waals surface area contributed by atoms with Gasteiger partial charge in [0.25, 0.3) is 0 Å². The minimum atomic E-state index is 0. The zero-order valence-corrected chi connectivity index (χ0v) is 21.2. The zero-order chi connectivity index (χ0) is 25.0. The molecule has 0 atom stereocenters. The molecule has 0 fully saturated rings. The monoisotopic (exact) mass is 528 g/mol. The van der Waals surface area contributed by atoms with Gasteiger partial charge in [0.2, 0.25) is 0 Å². The molecule has 0 aliphatic carbocycles. The van der Waals surface area contributed by atoms with Crippen LogP contribution in [0.3, 0.4) is 0 Å². The summed E-state index contributed by atoms with van der Waals surface area (Å²) in [6.07, 6.45) is 7.55. The molecule has 0 aliphatic rings. The molecule has 4 heterocycles. The molecule has 4 aromatic heterocycles. The quantitative estimate of drug-likeness (QED) is 0.298. The van der Waals surface area contributed by atoms with Gasteiger partial charge in [-0.1, -0.05) is 22.6 Å². The molecule has 1 N–H and O–H groups in total. The fourth-order valence-corrected chi connectivity index (χ4v) is 4.85. The summed E-state index contributed by atoms with van der Waals surface area (Å²) < 4.78 is 6.10. The van der Waals surface area contributed by atoms with E-state index in [1.807, 2.05) is 18.5 Å². The van der Waals surface area contributed by atoms with E-state index in [2.05, 4.69) is 75.4 Å². The van der Waals surface area contributed by atoms with E-state index in [1.54, 1.807) is 44.4 Å². The third-order valence-electron chi connectivity index (χ3n) is 4.44. The van der Waals surface area contributed by atoms with E-state index >= 15 is 0 Å². The van der Waals surface area contributed by atoms with Crippen LogP contribution in [0, 0.1) is 6.92 Å². The number of aryl methyl sites for hydroxylation is 1. The van der Waals surface area contributed by atoms with Crippen LogP contribution in [0.5, 0.6) is 0 Å². The molecule has 37 heavy (non-hydrogen) atoms. The summed E-state index contributed by atoms with van der Waals surface area (Å²) in [6, 6.07) is 16.9. The Balaban J connectivity index is 0.000000293. The number of nitrogens with zero attached hydrogens (tertiary/aromatic N) is 6. The number of thiophene rings is 2. The van der Waals surface area contributed by atoms with Gasteiger partial charge in [-0.25, -0.2) is 9.36 Å². The predicted octanol–water partition coefficient (Wildman–Crippen LogP) is 0.933. The first-order chi connectivity index (χ1) is 17.1. The van der Waals surface area contributed by atoms with E-state index in [0.717, 1.165) is 11.4 Å². The average Bonchev–Trinajstić information content (AvgIpc) is 3.66. The topological polar surface area (TPSA) is 160 Å². The predicted molar refractivity (Wildman–Crippen MR) is 130 cm³/mol. The van der Waals surface area contributed by atoms with Crippen LogP contribution in [0.2, 0.25) is 0 Å². The van der Waals surface area contributed by atoms with Crippen molar-refractivity contribution in [3.05, 3.63) is 83.6 Å². The molecule has 6 rings (SSSR count). The van der Waals surface area contributed by atoms with Crippen LogP contribution in [-0.4, -0.2) is 47.8 Å². The summed E-state index contributed by atoms with van der Waals surface area (Å²) in [4.78, 5) is 33.8. The standard InChI is InChI=1S/C11H9N3S.C10H7N3S.2CO2.Li.H2O/c1-8-6-9-2-3-10(7-11(9)15-8)14-5-4-12-13-14;1-2-9(13-5-4-11-12-13)7-10-8(1)3-6-14-10;2*2-1-3;;/h2-7H,1H3;1-7H;;;;1H2/q;;;;+1;/p-1. The summed E-state index contributed by atoms with van der Waals surface area (Å²) in [5.74, 6) is 0. The van der Waals surface area contributed by atoms with Crippen LogP contribution in [0.15, 0.2) is 78.7 Å². The largest absolute Gasteiger partial charge is 1.00 e. The third-order valence-corrected chi connectivity index (χ3v) is 6.33. The Morgan fingerprint density at radius 3 is 1.76 bits per heavy atom. The maximum Gasteiger partial charge on any atom is 1.00 e. The van der Waals surface area contributed by atoms with Gasteiger partial charge in [0.1, 0.15) is 0 Å². The number of hydrogen-bond acceptors (Lipinski definition) is 11. The molecule has 0 unspecified atom stereocenters. The molecular formula is C23H17LiN6O5S2. The van der Waals surface area contributed by atoms with Crippen LogP contribution in [0.4, 0.5) is 0 Å². The van der Waals surface area contributed by atoms with Crippen LogP contribution < -0.4 is 18.9 Å². The summed E-state index contributed by atoms with van der Waals surface area (Å²) >= 11 is 3.54. The zero-order valence-electron chi connectivity index (χ0n) is 19.6. The van der Waals surface area contributed by atoms with Gasteiger partial charge in [0.05, 0.1) is 36.2 Å². The molecule has 6 aromatic rings. The molecule has 0 amide bonds. The van der Waals surface area contributed by atoms with Gasteiger partial charge in [0.15, 0.2) is 0 Å². The second-order valence-electron chi connectivity index (χ2n) is 6.58.